The van der Waals surface area contributed by atoms with Crippen molar-refractivity contribution in [3.63, 3.8) is 0 Å². The average molecular weight is 491 g/mol. The molecule has 0 radical (unpaired) electrons. The molecule has 1 saturated heterocycles. The Hall–Kier alpha value is -4.40. The zero-order valence-electron chi connectivity index (χ0n) is 19.8. The smallest absolute Gasteiger partial charge is 0.450 e. The van der Waals surface area contributed by atoms with Gasteiger partial charge in [-0.25, -0.2) is 4.79 Å². The Morgan fingerprint density at radius 2 is 1.61 bits per heavy atom. The Balaban J connectivity index is 1.48. The highest BCUT2D eigenvalue weighted by Crippen LogP contribution is 2.40. The molecule has 0 unspecified atom stereocenters. The van der Waals surface area contributed by atoms with Crippen LogP contribution < -0.4 is 9.64 Å². The van der Waals surface area contributed by atoms with E-state index in [1.807, 2.05) is 11.0 Å². The molecule has 0 spiro atoms. The first-order chi connectivity index (χ1) is 17.5. The number of anilines is 1. The van der Waals surface area contributed by atoms with E-state index in [9.17, 15) is 19.7 Å². The van der Waals surface area contributed by atoms with Crippen molar-refractivity contribution in [1.29, 1.82) is 0 Å². The van der Waals surface area contributed by atoms with Crippen molar-refractivity contribution in [2.45, 2.75) is 25.9 Å². The molecule has 1 aliphatic rings. The van der Waals surface area contributed by atoms with Crippen LogP contribution in [-0.2, 0) is 9.47 Å². The van der Waals surface area contributed by atoms with Crippen molar-refractivity contribution in [3.8, 4) is 11.5 Å². The quantitative estimate of drug-likeness (QED) is 0.170. The number of hydrogen-bond acceptors (Lipinski definition) is 8. The van der Waals surface area contributed by atoms with E-state index in [4.69, 9.17) is 14.2 Å². The minimum absolute atomic E-state index is 0.101. The van der Waals surface area contributed by atoms with Crippen LogP contribution >= 0.6 is 0 Å². The summed E-state index contributed by atoms with van der Waals surface area (Å²) in [6.07, 6.45) is 0.0559. The van der Waals surface area contributed by atoms with Gasteiger partial charge in [-0.15, -0.1) is 0 Å². The Morgan fingerprint density at radius 1 is 0.944 bits per heavy atom. The molecule has 0 saturated carbocycles. The number of benzene rings is 3. The minimum Gasteiger partial charge on any atom is -0.450 e. The molecular formula is C27H26N2O7. The van der Waals surface area contributed by atoms with Crippen LogP contribution in [-0.4, -0.2) is 42.7 Å². The second-order valence-corrected chi connectivity index (χ2v) is 8.19. The van der Waals surface area contributed by atoms with Crippen molar-refractivity contribution in [2.75, 3.05) is 24.6 Å². The second-order valence-electron chi connectivity index (χ2n) is 8.19. The number of nitro benzene ring substituents is 1. The maximum absolute atomic E-state index is 12.6. The lowest BCUT2D eigenvalue weighted by Gasteiger charge is -2.32. The molecule has 1 fully saturated rings. The fraction of sp³-hybridized carbons (Fsp3) is 0.259. The van der Waals surface area contributed by atoms with Gasteiger partial charge in [-0.2, -0.15) is 0 Å². The van der Waals surface area contributed by atoms with E-state index in [1.54, 1.807) is 73.7 Å². The Morgan fingerprint density at radius 3 is 2.25 bits per heavy atom. The van der Waals surface area contributed by atoms with Gasteiger partial charge in [0.05, 0.1) is 11.5 Å². The van der Waals surface area contributed by atoms with Crippen molar-refractivity contribution in [1.82, 2.24) is 0 Å². The first kappa shape index (κ1) is 24.7. The average Bonchev–Trinajstić information content (AvgIpc) is 2.89. The van der Waals surface area contributed by atoms with Gasteiger partial charge in [-0.05, 0) is 43.3 Å². The molecule has 1 heterocycles. The number of nitrogens with zero attached hydrogens (tertiary/aromatic N) is 2. The summed E-state index contributed by atoms with van der Waals surface area (Å²) in [5, 5.41) is 12.0. The summed E-state index contributed by atoms with van der Waals surface area (Å²) in [7, 11) is 0. The van der Waals surface area contributed by atoms with Crippen LogP contribution in [0.25, 0.3) is 0 Å². The monoisotopic (exact) mass is 490 g/mol. The van der Waals surface area contributed by atoms with E-state index in [0.29, 0.717) is 48.5 Å². The minimum atomic E-state index is -0.700. The Labute approximate surface area is 208 Å². The summed E-state index contributed by atoms with van der Waals surface area (Å²) >= 11 is 0. The van der Waals surface area contributed by atoms with Gasteiger partial charge < -0.3 is 19.1 Å². The molecule has 3 aromatic rings. The van der Waals surface area contributed by atoms with Crippen LogP contribution in [0.3, 0.4) is 0 Å². The molecule has 0 N–H and O–H groups in total. The van der Waals surface area contributed by atoms with E-state index < -0.39 is 11.1 Å². The van der Waals surface area contributed by atoms with Gasteiger partial charge in [0, 0.05) is 37.1 Å². The van der Waals surface area contributed by atoms with Crippen molar-refractivity contribution < 1.29 is 28.7 Å². The van der Waals surface area contributed by atoms with Crippen LogP contribution in [0, 0.1) is 10.1 Å². The molecule has 186 valence electrons. The maximum Gasteiger partial charge on any atom is 0.508 e. The SMILES string of the molecule is CCOC(=O)OC1CCN(c2cccc(Oc3ccc(C(=O)c4ccccc4)cc3)c2[N+](=O)[O-])CC1. The first-order valence-electron chi connectivity index (χ1n) is 11.7. The molecular weight excluding hydrogens is 464 g/mol. The predicted molar refractivity (Wildman–Crippen MR) is 133 cm³/mol. The van der Waals surface area contributed by atoms with Crippen LogP contribution in [0.15, 0.2) is 72.8 Å². The lowest BCUT2D eigenvalue weighted by atomic mass is 10.0. The van der Waals surface area contributed by atoms with Crippen LogP contribution in [0.1, 0.15) is 35.7 Å². The Bertz CT molecular complexity index is 1220. The van der Waals surface area contributed by atoms with E-state index in [-0.39, 0.29) is 29.9 Å². The molecule has 4 rings (SSSR count). The van der Waals surface area contributed by atoms with Gasteiger partial charge in [-0.1, -0.05) is 36.4 Å². The maximum atomic E-state index is 12.6. The third kappa shape index (κ3) is 5.80. The number of ketones is 1. The van der Waals surface area contributed by atoms with Crippen molar-refractivity contribution in [2.24, 2.45) is 0 Å². The largest absolute Gasteiger partial charge is 0.508 e. The van der Waals surface area contributed by atoms with E-state index in [1.165, 1.54) is 0 Å². The van der Waals surface area contributed by atoms with Gasteiger partial charge >= 0.3 is 11.8 Å². The number of piperidine rings is 1. The fourth-order valence-electron chi connectivity index (χ4n) is 4.09. The number of nitro groups is 1. The van der Waals surface area contributed by atoms with Gasteiger partial charge in [-0.3, -0.25) is 14.9 Å². The highest BCUT2D eigenvalue weighted by Gasteiger charge is 2.30. The zero-order chi connectivity index (χ0) is 25.5. The van der Waals surface area contributed by atoms with Gasteiger partial charge in [0.15, 0.2) is 5.78 Å². The molecule has 0 atom stereocenters. The first-order valence-corrected chi connectivity index (χ1v) is 11.7. The molecule has 0 aliphatic carbocycles. The van der Waals surface area contributed by atoms with Crippen molar-refractivity contribution in [3.05, 3.63) is 94.0 Å². The zero-order valence-corrected chi connectivity index (χ0v) is 19.8. The Kier molecular flexibility index (Phi) is 7.79. The molecule has 36 heavy (non-hydrogen) atoms. The van der Waals surface area contributed by atoms with Crippen LogP contribution in [0.2, 0.25) is 0 Å². The molecule has 0 aromatic heterocycles. The third-order valence-corrected chi connectivity index (χ3v) is 5.85. The number of hydrogen-bond donors (Lipinski definition) is 0. The summed E-state index contributed by atoms with van der Waals surface area (Å²) in [5.41, 5.74) is 1.35. The highest BCUT2D eigenvalue weighted by atomic mass is 16.7. The van der Waals surface area contributed by atoms with E-state index >= 15 is 0 Å². The normalized spacial score (nSPS) is 13.6. The van der Waals surface area contributed by atoms with Crippen molar-refractivity contribution >= 4 is 23.3 Å². The summed E-state index contributed by atoms with van der Waals surface area (Å²) in [6, 6.07) is 20.3. The standard InChI is InChI=1S/C27H26N2O7/c1-2-34-27(31)36-22-15-17-28(18-16-22)23-9-6-10-24(25(23)29(32)33)35-21-13-11-20(12-14-21)26(30)19-7-4-3-5-8-19/h3-14,22H,2,15-18H2,1H3. The summed E-state index contributed by atoms with van der Waals surface area (Å²) in [6.45, 7) is 2.90. The molecule has 9 nitrogen and oxygen atoms in total. The molecule has 1 aliphatic heterocycles. The number of carbonyl (C=O) groups is 2. The fourth-order valence-corrected chi connectivity index (χ4v) is 4.09. The summed E-state index contributed by atoms with van der Waals surface area (Å²) in [4.78, 5) is 37.6. The highest BCUT2D eigenvalue weighted by molar-refractivity contribution is 6.09. The van der Waals surface area contributed by atoms with Gasteiger partial charge in [0.2, 0.25) is 5.75 Å². The predicted octanol–water partition coefficient (Wildman–Crippen LogP) is 5.76. The number of para-hydroxylation sites is 1. The summed E-state index contributed by atoms with van der Waals surface area (Å²) in [5.74, 6) is 0.358. The third-order valence-electron chi connectivity index (χ3n) is 5.85. The number of carbonyl (C=O) groups excluding carboxylic acids is 2. The summed E-state index contributed by atoms with van der Waals surface area (Å²) < 4.78 is 16.0. The molecule has 9 heteroatoms. The molecule has 0 amide bonds. The van der Waals surface area contributed by atoms with Crippen LogP contribution in [0.5, 0.6) is 11.5 Å². The lowest BCUT2D eigenvalue weighted by molar-refractivity contribution is -0.384. The van der Waals surface area contributed by atoms with Crippen LogP contribution in [0.4, 0.5) is 16.2 Å². The topological polar surface area (TPSA) is 108 Å². The second kappa shape index (κ2) is 11.4. The lowest BCUT2D eigenvalue weighted by Crippen LogP contribution is -2.38. The number of ether oxygens (including phenoxy) is 3. The molecule has 0 bridgehead atoms. The molecule has 3 aromatic carbocycles. The van der Waals surface area contributed by atoms with Gasteiger partial charge in [0.25, 0.3) is 0 Å². The van der Waals surface area contributed by atoms with E-state index in [2.05, 4.69) is 0 Å². The number of rotatable bonds is 8. The van der Waals surface area contributed by atoms with Gasteiger partial charge in [0.1, 0.15) is 17.5 Å². The van der Waals surface area contributed by atoms with E-state index in [0.717, 1.165) is 0 Å².